The molecule has 2 atom stereocenters. The molecule has 252 valence electrons. The highest BCUT2D eigenvalue weighted by Crippen LogP contribution is 2.40. The Morgan fingerprint density at radius 3 is 2.53 bits per heavy atom. The van der Waals surface area contributed by atoms with E-state index >= 15 is 0 Å². The number of aromatic nitrogens is 1. The van der Waals surface area contributed by atoms with E-state index in [0.717, 1.165) is 55.9 Å². The highest BCUT2D eigenvalue weighted by Gasteiger charge is 2.43. The Hall–Kier alpha value is -2.72. The SMILES string of the molecule is Cc1ccc2sc(S(=O)(=O)N3CCS[C@H]3C(=O)O[C@@H](Cc3c(Cl)c[nH+]cc3Cl)c3ccc(OC(F)F)c(OCC4CC4)c3)cc2c1.[OH-]. The van der Waals surface area contributed by atoms with E-state index in [9.17, 15) is 22.0 Å². The largest absolute Gasteiger partial charge is 0.870 e. The maximum absolute atomic E-state index is 13.8. The number of ether oxygens (including phenoxy) is 3. The van der Waals surface area contributed by atoms with Crippen LogP contribution in [0.5, 0.6) is 11.5 Å². The van der Waals surface area contributed by atoms with Crippen molar-refractivity contribution in [1.29, 1.82) is 0 Å². The minimum Gasteiger partial charge on any atom is -0.870 e. The summed E-state index contributed by atoms with van der Waals surface area (Å²) in [6.45, 7) is -0.697. The first-order valence-electron chi connectivity index (χ1n) is 14.4. The zero-order valence-corrected chi connectivity index (χ0v) is 28.8. The van der Waals surface area contributed by atoms with E-state index in [0.29, 0.717) is 29.4 Å². The van der Waals surface area contributed by atoms with Crippen molar-refractivity contribution in [3.05, 3.63) is 81.6 Å². The number of sulfonamides is 1. The van der Waals surface area contributed by atoms with Crippen LogP contribution >= 0.6 is 46.3 Å². The van der Waals surface area contributed by atoms with E-state index < -0.39 is 34.1 Å². The molecule has 1 saturated carbocycles. The van der Waals surface area contributed by atoms with Gasteiger partial charge in [-0.15, -0.1) is 23.1 Å². The third-order valence-corrected chi connectivity index (χ3v) is 13.1. The van der Waals surface area contributed by atoms with Crippen molar-refractivity contribution < 1.29 is 46.7 Å². The summed E-state index contributed by atoms with van der Waals surface area (Å²) in [5.74, 6) is -0.150. The van der Waals surface area contributed by atoms with Crippen molar-refractivity contribution in [2.24, 2.45) is 5.92 Å². The third-order valence-electron chi connectivity index (χ3n) is 7.63. The minimum atomic E-state index is -4.04. The second-order valence-electron chi connectivity index (χ2n) is 11.0. The number of hydrogen-bond acceptors (Lipinski definition) is 9. The summed E-state index contributed by atoms with van der Waals surface area (Å²) in [4.78, 5) is 16.7. The number of thioether (sulfide) groups is 1. The zero-order chi connectivity index (χ0) is 32.6. The van der Waals surface area contributed by atoms with Crippen LogP contribution in [0.1, 0.15) is 35.6 Å². The number of esters is 1. The molecule has 1 aliphatic carbocycles. The van der Waals surface area contributed by atoms with E-state index in [1.54, 1.807) is 6.07 Å². The molecule has 6 rings (SSSR count). The molecule has 3 heterocycles. The fraction of sp³-hybridized carbons (Fsp3) is 0.355. The second-order valence-corrected chi connectivity index (χ2v) is 16.2. The maximum Gasteiger partial charge on any atom is 0.387 e. The number of pyridine rings is 1. The van der Waals surface area contributed by atoms with Crippen LogP contribution in [0.25, 0.3) is 10.1 Å². The van der Waals surface area contributed by atoms with E-state index in [1.807, 2.05) is 25.1 Å². The number of benzene rings is 2. The number of halogens is 4. The van der Waals surface area contributed by atoms with Gasteiger partial charge in [-0.05, 0) is 60.9 Å². The molecule has 0 radical (unpaired) electrons. The standard InChI is InChI=1S/C31H28Cl2F2N2O6S3.H2O/c1-17-2-7-27-20(10-17)12-28(45-27)46(39,40)37-8-9-44-29(37)30(38)42-25(13-21-22(32)14-36-15-23(21)33)19-5-6-24(43-31(34)35)26(11-19)41-16-18-3-4-18;/h2,5-7,10-12,14-15,18,25,29,31H,3-4,8-9,13,16H2,1H3;1H2/t25-,29-;/m0./s1. The lowest BCUT2D eigenvalue weighted by Gasteiger charge is -2.25. The highest BCUT2D eigenvalue weighted by atomic mass is 35.5. The van der Waals surface area contributed by atoms with Gasteiger partial charge in [0.25, 0.3) is 10.0 Å². The van der Waals surface area contributed by atoms with Crippen molar-refractivity contribution in [1.82, 2.24) is 4.31 Å². The van der Waals surface area contributed by atoms with Gasteiger partial charge in [0.2, 0.25) is 0 Å². The van der Waals surface area contributed by atoms with Crippen LogP contribution < -0.4 is 14.5 Å². The maximum atomic E-state index is 13.8. The smallest absolute Gasteiger partial charge is 0.387 e. The number of nitrogens with zero attached hydrogens (tertiary/aromatic N) is 1. The van der Waals surface area contributed by atoms with Gasteiger partial charge in [-0.3, -0.25) is 0 Å². The van der Waals surface area contributed by atoms with E-state index in [4.69, 9.17) is 32.7 Å². The van der Waals surface area contributed by atoms with Gasteiger partial charge in [0.05, 0.1) is 6.61 Å². The van der Waals surface area contributed by atoms with Crippen LogP contribution in [-0.4, -0.2) is 55.1 Å². The lowest BCUT2D eigenvalue weighted by atomic mass is 10.0. The molecule has 2 N–H and O–H groups in total. The molecule has 1 aliphatic heterocycles. The Kier molecular flexibility index (Phi) is 11.2. The quantitative estimate of drug-likeness (QED) is 0.140. The topological polar surface area (TPSA) is 126 Å². The molecule has 16 heteroatoms. The Labute approximate surface area is 288 Å². The Bertz CT molecular complexity index is 1850. The molecular weight excluding hydrogens is 717 g/mol. The molecule has 47 heavy (non-hydrogen) atoms. The van der Waals surface area contributed by atoms with Crippen LogP contribution in [0.2, 0.25) is 10.0 Å². The number of aromatic amines is 1. The van der Waals surface area contributed by atoms with E-state index in [1.165, 1.54) is 30.6 Å². The average Bonchev–Trinajstić information content (AvgIpc) is 3.50. The molecule has 0 unspecified atom stereocenters. The number of aryl methyl sites for hydroxylation is 1. The first-order valence-corrected chi connectivity index (χ1v) is 18.5. The molecule has 0 bridgehead atoms. The fourth-order valence-corrected chi connectivity index (χ4v) is 10.2. The number of carbonyl (C=O) groups excluding carboxylic acids is 1. The zero-order valence-electron chi connectivity index (χ0n) is 24.8. The van der Waals surface area contributed by atoms with Crippen molar-refractivity contribution in [3.63, 3.8) is 0 Å². The summed E-state index contributed by atoms with van der Waals surface area (Å²) in [7, 11) is -4.04. The molecule has 2 aromatic carbocycles. The van der Waals surface area contributed by atoms with Crippen molar-refractivity contribution in [2.75, 3.05) is 18.9 Å². The van der Waals surface area contributed by atoms with Gasteiger partial charge in [-0.1, -0.05) is 47.0 Å². The lowest BCUT2D eigenvalue weighted by molar-refractivity contribution is -0.377. The third kappa shape index (κ3) is 8.12. The number of carbonyl (C=O) groups is 1. The summed E-state index contributed by atoms with van der Waals surface area (Å²) in [5.41, 5.74) is 1.88. The highest BCUT2D eigenvalue weighted by molar-refractivity contribution is 8.02. The number of hydrogen-bond donors (Lipinski definition) is 0. The second kappa shape index (κ2) is 14.8. The molecular formula is C31H30Cl2F2N2O7S3. The Balaban J connectivity index is 0.00000433. The van der Waals surface area contributed by atoms with Gasteiger partial charge in [-0.2, -0.15) is 13.1 Å². The van der Waals surface area contributed by atoms with Crippen LogP contribution in [0.3, 0.4) is 0 Å². The molecule has 2 aliphatic rings. The summed E-state index contributed by atoms with van der Waals surface area (Å²) in [6.07, 6.45) is 3.98. The monoisotopic (exact) mass is 746 g/mol. The summed E-state index contributed by atoms with van der Waals surface area (Å²) in [5, 5.41) is 0.232. The predicted molar refractivity (Wildman–Crippen MR) is 175 cm³/mol. The van der Waals surface area contributed by atoms with Gasteiger partial charge >= 0.3 is 12.6 Å². The molecule has 9 nitrogen and oxygen atoms in total. The van der Waals surface area contributed by atoms with Gasteiger partial charge < -0.3 is 19.7 Å². The Morgan fingerprint density at radius 2 is 1.83 bits per heavy atom. The Morgan fingerprint density at radius 1 is 1.09 bits per heavy atom. The van der Waals surface area contributed by atoms with Crippen LogP contribution in [0, 0.1) is 12.8 Å². The number of thiophene rings is 1. The van der Waals surface area contributed by atoms with Crippen LogP contribution in [0.4, 0.5) is 8.78 Å². The minimum absolute atomic E-state index is 0. The molecule has 2 aromatic heterocycles. The molecule has 0 spiro atoms. The number of rotatable bonds is 12. The van der Waals surface area contributed by atoms with Crippen LogP contribution in [-0.2, 0) is 26.0 Å². The molecule has 0 amide bonds. The molecule has 2 fully saturated rings. The number of fused-ring (bicyclic) bond motifs is 1. The average molecular weight is 748 g/mol. The summed E-state index contributed by atoms with van der Waals surface area (Å²) >= 11 is 15.2. The number of nitrogens with one attached hydrogen (secondary N) is 1. The van der Waals surface area contributed by atoms with Gasteiger partial charge in [0.1, 0.15) is 20.4 Å². The van der Waals surface area contributed by atoms with Gasteiger partial charge in [-0.25, -0.2) is 18.2 Å². The van der Waals surface area contributed by atoms with Gasteiger partial charge in [0, 0.05) is 29.0 Å². The van der Waals surface area contributed by atoms with Crippen molar-refractivity contribution in [3.8, 4) is 11.5 Å². The van der Waals surface area contributed by atoms with Gasteiger partial charge in [0.15, 0.2) is 29.3 Å². The van der Waals surface area contributed by atoms with Crippen molar-refractivity contribution >= 4 is 72.4 Å². The molecule has 4 aromatic rings. The predicted octanol–water partition coefficient (Wildman–Crippen LogP) is 7.13. The fourth-order valence-electron chi connectivity index (χ4n) is 5.07. The normalized spacial score (nSPS) is 17.4. The lowest BCUT2D eigenvalue weighted by Crippen LogP contribution is -2.40. The summed E-state index contributed by atoms with van der Waals surface area (Å²) < 4.78 is 72.7. The molecule has 1 saturated heterocycles. The van der Waals surface area contributed by atoms with E-state index in [-0.39, 0.29) is 44.2 Å². The first kappa shape index (κ1) is 35.6. The summed E-state index contributed by atoms with van der Waals surface area (Å²) in [6, 6.07) is 11.6. The van der Waals surface area contributed by atoms with Crippen molar-refractivity contribution in [2.45, 2.75) is 48.5 Å². The van der Waals surface area contributed by atoms with Crippen LogP contribution in [0.15, 0.2) is 59.1 Å². The number of H-pyrrole nitrogens is 1. The first-order chi connectivity index (χ1) is 22.0. The van der Waals surface area contributed by atoms with E-state index in [2.05, 4.69) is 9.72 Å². The number of alkyl halides is 2.